The molecule has 2 amide bonds. The molecular weight excluding hydrogens is 262 g/mol. The topological polar surface area (TPSA) is 70.2 Å². The summed E-state index contributed by atoms with van der Waals surface area (Å²) in [5, 5.41) is 8.23. The molecular formula is C13H17N3O2S. The lowest BCUT2D eigenvalue weighted by molar-refractivity contribution is -0.120. The van der Waals surface area contributed by atoms with Gasteiger partial charge in [0.05, 0.1) is 0 Å². The number of hydrogen-bond donors (Lipinski definition) is 3. The van der Waals surface area contributed by atoms with Crippen LogP contribution in [0.1, 0.15) is 18.9 Å². The van der Waals surface area contributed by atoms with Gasteiger partial charge in [0, 0.05) is 26.1 Å². The molecule has 1 aromatic carbocycles. The van der Waals surface area contributed by atoms with E-state index in [2.05, 4.69) is 16.0 Å². The molecule has 0 fully saturated rings. The van der Waals surface area contributed by atoms with E-state index in [1.54, 1.807) is 7.05 Å². The quantitative estimate of drug-likeness (QED) is 0.724. The number of nitrogens with one attached hydrogen (secondary N) is 3. The Bertz CT molecular complexity index is 471. The van der Waals surface area contributed by atoms with Crippen molar-refractivity contribution in [3.8, 4) is 0 Å². The number of benzene rings is 1. The van der Waals surface area contributed by atoms with Crippen LogP contribution in [0, 0.1) is 0 Å². The molecule has 0 aliphatic heterocycles. The molecule has 0 heterocycles. The van der Waals surface area contributed by atoms with Crippen molar-refractivity contribution in [3.63, 3.8) is 0 Å². The lowest BCUT2D eigenvalue weighted by atomic mass is 10.1. The van der Waals surface area contributed by atoms with Gasteiger partial charge in [-0.1, -0.05) is 12.1 Å². The molecule has 0 atom stereocenters. The van der Waals surface area contributed by atoms with E-state index in [1.807, 2.05) is 24.3 Å². The van der Waals surface area contributed by atoms with Crippen molar-refractivity contribution >= 4 is 34.8 Å². The van der Waals surface area contributed by atoms with Gasteiger partial charge in [-0.15, -0.1) is 0 Å². The van der Waals surface area contributed by atoms with Gasteiger partial charge in [0.25, 0.3) is 0 Å². The van der Waals surface area contributed by atoms with E-state index >= 15 is 0 Å². The highest BCUT2D eigenvalue weighted by Crippen LogP contribution is 2.11. The summed E-state index contributed by atoms with van der Waals surface area (Å²) in [6, 6.07) is 7.55. The first-order valence-electron chi connectivity index (χ1n) is 5.89. The van der Waals surface area contributed by atoms with Gasteiger partial charge in [0.1, 0.15) is 0 Å². The molecule has 1 rings (SSSR count). The highest BCUT2D eigenvalue weighted by molar-refractivity contribution is 7.80. The fraction of sp³-hybridized carbons (Fsp3) is 0.308. The third-order valence-electron chi connectivity index (χ3n) is 2.42. The van der Waals surface area contributed by atoms with Gasteiger partial charge < -0.3 is 16.0 Å². The zero-order chi connectivity index (χ0) is 14.3. The average Bonchev–Trinajstić information content (AvgIpc) is 2.36. The Balaban J connectivity index is 2.49. The molecule has 19 heavy (non-hydrogen) atoms. The summed E-state index contributed by atoms with van der Waals surface area (Å²) in [5.41, 5.74) is 1.86. The van der Waals surface area contributed by atoms with Crippen molar-refractivity contribution in [1.82, 2.24) is 10.6 Å². The Labute approximate surface area is 117 Å². The second kappa shape index (κ2) is 7.48. The van der Waals surface area contributed by atoms with Crippen molar-refractivity contribution < 1.29 is 9.59 Å². The molecule has 0 aliphatic rings. The van der Waals surface area contributed by atoms with Gasteiger partial charge in [-0.25, -0.2) is 0 Å². The highest BCUT2D eigenvalue weighted by Gasteiger charge is 2.02. The number of hydrogen-bond acceptors (Lipinski definition) is 3. The summed E-state index contributed by atoms with van der Waals surface area (Å²) in [4.78, 5) is 21.9. The van der Waals surface area contributed by atoms with Crippen LogP contribution in [0.15, 0.2) is 24.3 Å². The van der Waals surface area contributed by atoms with Gasteiger partial charge in [-0.05, 0) is 36.3 Å². The number of anilines is 1. The lowest BCUT2D eigenvalue weighted by Gasteiger charge is -2.08. The maximum Gasteiger partial charge on any atom is 0.222 e. The molecule has 0 saturated carbocycles. The molecule has 1 aromatic rings. The third kappa shape index (κ3) is 5.96. The van der Waals surface area contributed by atoms with E-state index < -0.39 is 0 Å². The first-order chi connectivity index (χ1) is 9.01. The van der Waals surface area contributed by atoms with Crippen LogP contribution in [-0.2, 0) is 16.0 Å². The molecule has 0 spiro atoms. The molecule has 102 valence electrons. The van der Waals surface area contributed by atoms with Crippen molar-refractivity contribution in [1.29, 1.82) is 0 Å². The summed E-state index contributed by atoms with van der Waals surface area (Å²) in [5.74, 6) is -0.186. The minimum Gasteiger partial charge on any atom is -0.359 e. The van der Waals surface area contributed by atoms with Crippen molar-refractivity contribution in [2.24, 2.45) is 0 Å². The summed E-state index contributed by atoms with van der Waals surface area (Å²) in [6.07, 6.45) is 1.16. The van der Waals surface area contributed by atoms with Crippen LogP contribution < -0.4 is 16.0 Å². The molecule has 5 nitrogen and oxygen atoms in total. The standard InChI is InChI=1S/C13H17N3O2S/c1-9(17)15-13(19)16-11-6-3-10(4-7-11)5-8-12(18)14-2/h3-4,6-7H,5,8H2,1-2H3,(H,14,18)(H2,15,16,17,19). The van der Waals surface area contributed by atoms with Gasteiger partial charge >= 0.3 is 0 Å². The Morgan fingerprint density at radius 2 is 1.84 bits per heavy atom. The fourth-order valence-electron chi connectivity index (χ4n) is 1.46. The number of carbonyl (C=O) groups excluding carboxylic acids is 2. The Hall–Kier alpha value is -1.95. The Morgan fingerprint density at radius 3 is 2.37 bits per heavy atom. The molecule has 0 aliphatic carbocycles. The number of amides is 2. The summed E-state index contributed by atoms with van der Waals surface area (Å²) >= 11 is 4.95. The second-order valence-corrected chi connectivity index (χ2v) is 4.41. The normalized spacial score (nSPS) is 9.58. The molecule has 0 unspecified atom stereocenters. The third-order valence-corrected chi connectivity index (χ3v) is 2.63. The van der Waals surface area contributed by atoms with E-state index in [4.69, 9.17) is 12.2 Å². The fourth-order valence-corrected chi connectivity index (χ4v) is 1.72. The monoisotopic (exact) mass is 279 g/mol. The Morgan fingerprint density at radius 1 is 1.21 bits per heavy atom. The van der Waals surface area contributed by atoms with Gasteiger partial charge in [-0.3, -0.25) is 9.59 Å². The average molecular weight is 279 g/mol. The van der Waals surface area contributed by atoms with E-state index in [9.17, 15) is 9.59 Å². The van der Waals surface area contributed by atoms with Gasteiger partial charge in [0.2, 0.25) is 11.8 Å². The van der Waals surface area contributed by atoms with Crippen molar-refractivity contribution in [2.45, 2.75) is 19.8 Å². The number of thiocarbonyl (C=S) groups is 1. The summed E-state index contributed by atoms with van der Waals surface area (Å²) < 4.78 is 0. The molecule has 0 aromatic heterocycles. The van der Waals surface area contributed by atoms with Crippen molar-refractivity contribution in [2.75, 3.05) is 12.4 Å². The van der Waals surface area contributed by atoms with Crippen LogP contribution >= 0.6 is 12.2 Å². The largest absolute Gasteiger partial charge is 0.359 e. The van der Waals surface area contributed by atoms with Gasteiger partial charge in [0.15, 0.2) is 5.11 Å². The molecule has 6 heteroatoms. The zero-order valence-corrected chi connectivity index (χ0v) is 11.8. The smallest absolute Gasteiger partial charge is 0.222 e. The molecule has 3 N–H and O–H groups in total. The van der Waals surface area contributed by atoms with Crippen LogP contribution in [0.4, 0.5) is 5.69 Å². The maximum atomic E-state index is 11.1. The predicted molar refractivity (Wildman–Crippen MR) is 78.9 cm³/mol. The molecule has 0 radical (unpaired) electrons. The van der Waals surface area contributed by atoms with Crippen LogP contribution in [0.5, 0.6) is 0 Å². The Kier molecular flexibility index (Phi) is 5.95. The molecule has 0 saturated heterocycles. The first kappa shape index (κ1) is 15.1. The predicted octanol–water partition coefficient (Wildman–Crippen LogP) is 1.20. The summed E-state index contributed by atoms with van der Waals surface area (Å²) in [7, 11) is 1.62. The number of rotatable bonds is 4. The van der Waals surface area contributed by atoms with Gasteiger partial charge in [-0.2, -0.15) is 0 Å². The minimum atomic E-state index is -0.209. The van der Waals surface area contributed by atoms with E-state index in [0.29, 0.717) is 12.8 Å². The highest BCUT2D eigenvalue weighted by atomic mass is 32.1. The van der Waals surface area contributed by atoms with E-state index in [-0.39, 0.29) is 16.9 Å². The lowest BCUT2D eigenvalue weighted by Crippen LogP contribution is -2.32. The zero-order valence-electron chi connectivity index (χ0n) is 10.9. The number of carbonyl (C=O) groups is 2. The van der Waals surface area contributed by atoms with Crippen LogP contribution in [0.3, 0.4) is 0 Å². The van der Waals surface area contributed by atoms with Crippen molar-refractivity contribution in [3.05, 3.63) is 29.8 Å². The van der Waals surface area contributed by atoms with Crippen LogP contribution in [0.25, 0.3) is 0 Å². The van der Waals surface area contributed by atoms with E-state index in [1.165, 1.54) is 6.92 Å². The maximum absolute atomic E-state index is 11.1. The minimum absolute atomic E-state index is 0.0223. The summed E-state index contributed by atoms with van der Waals surface area (Å²) in [6.45, 7) is 1.40. The SMILES string of the molecule is CNC(=O)CCc1ccc(NC(=S)NC(C)=O)cc1. The van der Waals surface area contributed by atoms with E-state index in [0.717, 1.165) is 11.3 Å². The van der Waals surface area contributed by atoms with Crippen LogP contribution in [0.2, 0.25) is 0 Å². The first-order valence-corrected chi connectivity index (χ1v) is 6.30. The number of aryl methyl sites for hydroxylation is 1. The van der Waals surface area contributed by atoms with Crippen LogP contribution in [-0.4, -0.2) is 24.0 Å². The second-order valence-electron chi connectivity index (χ2n) is 4.01. The molecule has 0 bridgehead atoms.